The lowest BCUT2D eigenvalue weighted by Crippen LogP contribution is -3.00. The van der Waals surface area contributed by atoms with Gasteiger partial charge in [-0.1, -0.05) is 90.9 Å². The largest absolute Gasteiger partial charge is 1.00 e. The fourth-order valence-electron chi connectivity index (χ4n) is 4.82. The van der Waals surface area contributed by atoms with Crippen LogP contribution < -0.4 is 4.70 Å². The van der Waals surface area contributed by atoms with E-state index in [9.17, 15) is 0 Å². The van der Waals surface area contributed by atoms with Crippen LogP contribution in [0.25, 0.3) is 0 Å². The number of hydrogen-bond acceptors (Lipinski definition) is 3. The summed E-state index contributed by atoms with van der Waals surface area (Å²) in [5.41, 5.74) is 0. The van der Waals surface area contributed by atoms with Crippen molar-refractivity contribution in [1.29, 1.82) is 0 Å². The molecule has 0 saturated heterocycles. The number of halogens is 1. The summed E-state index contributed by atoms with van der Waals surface area (Å²) in [5, 5.41) is 0. The summed E-state index contributed by atoms with van der Waals surface area (Å²) in [6.07, 6.45) is 23.5. The minimum absolute atomic E-state index is 0. The number of unbranched alkanes of at least 4 members (excludes halogenated alkanes) is 14. The molecule has 0 aromatic rings. The average molecular weight is 494 g/mol. The highest BCUT2D eigenvalue weighted by Gasteiger charge is 2.38. The van der Waals surface area contributed by atoms with Crippen molar-refractivity contribution in [2.75, 3.05) is 48.0 Å². The smallest absolute Gasteiger partial charge is 0.500 e. The van der Waals surface area contributed by atoms with E-state index < -0.39 is 8.80 Å². The maximum atomic E-state index is 5.65. The first kappa shape index (κ1) is 35.2. The van der Waals surface area contributed by atoms with E-state index in [4.69, 9.17) is 13.3 Å². The molecule has 0 spiro atoms. The van der Waals surface area contributed by atoms with E-state index in [1.165, 1.54) is 127 Å². The van der Waals surface area contributed by atoms with Gasteiger partial charge in [-0.05, 0) is 25.7 Å². The summed E-state index contributed by atoms with van der Waals surface area (Å²) in [6.45, 7) is 8.42. The van der Waals surface area contributed by atoms with Crippen molar-refractivity contribution in [3.8, 4) is 0 Å². The first-order valence-corrected chi connectivity index (χ1v) is 15.9. The zero-order valence-electron chi connectivity index (χ0n) is 23.4. The SMILES string of the molecule is CCCCCCCCCC[N+](C)(CCCCCCCCCC)CCC[Si](OC)(OC)OC.[F-]. The third kappa shape index (κ3) is 18.9. The third-order valence-electron chi connectivity index (χ3n) is 7.22. The van der Waals surface area contributed by atoms with Crippen LogP contribution in [0.3, 0.4) is 0 Å². The second-order valence-corrected chi connectivity index (χ2v) is 13.2. The van der Waals surface area contributed by atoms with Gasteiger partial charge in [-0.2, -0.15) is 0 Å². The van der Waals surface area contributed by atoms with Gasteiger partial charge in [0, 0.05) is 33.8 Å². The molecule has 0 heterocycles. The van der Waals surface area contributed by atoms with Gasteiger partial charge in [-0.25, -0.2) is 0 Å². The maximum Gasteiger partial charge on any atom is 0.500 e. The number of hydrogen-bond donors (Lipinski definition) is 0. The summed E-state index contributed by atoms with van der Waals surface area (Å²) in [6, 6.07) is 0.916. The summed E-state index contributed by atoms with van der Waals surface area (Å²) >= 11 is 0. The van der Waals surface area contributed by atoms with Crippen molar-refractivity contribution in [2.45, 2.75) is 129 Å². The highest BCUT2D eigenvalue weighted by Crippen LogP contribution is 2.20. The van der Waals surface area contributed by atoms with Crippen molar-refractivity contribution >= 4 is 8.80 Å². The Morgan fingerprint density at radius 3 is 1.12 bits per heavy atom. The van der Waals surface area contributed by atoms with Crippen LogP contribution >= 0.6 is 0 Å². The van der Waals surface area contributed by atoms with Crippen LogP contribution in [0, 0.1) is 0 Å². The molecule has 4 nitrogen and oxygen atoms in total. The van der Waals surface area contributed by atoms with Crippen molar-refractivity contribution in [1.82, 2.24) is 0 Å². The predicted octanol–water partition coefficient (Wildman–Crippen LogP) is 4.99. The molecule has 0 unspecified atom stereocenters. The first-order chi connectivity index (χ1) is 15.5. The van der Waals surface area contributed by atoms with Crippen LogP contribution in [-0.2, 0) is 13.3 Å². The van der Waals surface area contributed by atoms with Gasteiger partial charge in [0.2, 0.25) is 0 Å². The van der Waals surface area contributed by atoms with Crippen molar-refractivity contribution in [3.63, 3.8) is 0 Å². The number of nitrogens with zero attached hydrogens (tertiary/aromatic N) is 1. The fraction of sp³-hybridized carbons (Fsp3) is 1.00. The van der Waals surface area contributed by atoms with Gasteiger partial charge in [0.1, 0.15) is 0 Å². The van der Waals surface area contributed by atoms with Gasteiger partial charge in [0.05, 0.1) is 26.7 Å². The quantitative estimate of drug-likeness (QED) is 0.102. The number of rotatable bonds is 25. The molecular weight excluding hydrogens is 433 g/mol. The Bertz CT molecular complexity index is 369. The Hall–Kier alpha value is -0.0131. The van der Waals surface area contributed by atoms with Gasteiger partial charge in [0.15, 0.2) is 0 Å². The second-order valence-electron chi connectivity index (χ2n) is 10.1. The minimum atomic E-state index is -2.45. The van der Waals surface area contributed by atoms with Crippen LogP contribution in [0.5, 0.6) is 0 Å². The maximum absolute atomic E-state index is 5.65. The summed E-state index contributed by atoms with van der Waals surface area (Å²) < 4.78 is 18.1. The monoisotopic (exact) mass is 493 g/mol. The lowest BCUT2D eigenvalue weighted by atomic mass is 10.1. The fourth-order valence-corrected chi connectivity index (χ4v) is 6.53. The minimum Gasteiger partial charge on any atom is -1.00 e. The van der Waals surface area contributed by atoms with Gasteiger partial charge in [0.25, 0.3) is 0 Å². The van der Waals surface area contributed by atoms with Gasteiger partial charge < -0.3 is 22.5 Å². The molecule has 0 aromatic carbocycles. The predicted molar refractivity (Wildman–Crippen MR) is 142 cm³/mol. The normalized spacial score (nSPS) is 12.2. The van der Waals surface area contributed by atoms with Gasteiger partial charge >= 0.3 is 8.80 Å². The van der Waals surface area contributed by atoms with Crippen molar-refractivity contribution < 1.29 is 22.5 Å². The zero-order valence-corrected chi connectivity index (χ0v) is 24.4. The summed E-state index contributed by atoms with van der Waals surface area (Å²) in [7, 11) is 5.23. The molecule has 0 radical (unpaired) electrons. The molecule has 0 fully saturated rings. The second kappa shape index (κ2) is 23.7. The van der Waals surface area contributed by atoms with Crippen LogP contribution in [-0.4, -0.2) is 61.3 Å². The van der Waals surface area contributed by atoms with Crippen LogP contribution in [0.4, 0.5) is 0 Å². The molecular formula is C27H60FNO3Si. The van der Waals surface area contributed by atoms with E-state index in [0.717, 1.165) is 12.5 Å². The average Bonchev–Trinajstić information content (AvgIpc) is 2.81. The lowest BCUT2D eigenvalue weighted by Gasteiger charge is -2.36. The molecule has 0 saturated carbocycles. The van der Waals surface area contributed by atoms with Gasteiger partial charge in [-0.3, -0.25) is 0 Å². The van der Waals surface area contributed by atoms with E-state index in [1.54, 1.807) is 21.3 Å². The molecule has 0 aliphatic heterocycles. The van der Waals surface area contributed by atoms with Crippen LogP contribution in [0.15, 0.2) is 0 Å². The molecule has 6 heteroatoms. The van der Waals surface area contributed by atoms with Crippen LogP contribution in [0.1, 0.15) is 123 Å². The van der Waals surface area contributed by atoms with E-state index in [2.05, 4.69) is 20.9 Å². The van der Waals surface area contributed by atoms with Crippen LogP contribution in [0.2, 0.25) is 6.04 Å². The first-order valence-electron chi connectivity index (χ1n) is 14.0. The molecule has 0 aromatic heterocycles. The third-order valence-corrected chi connectivity index (χ3v) is 10.0. The lowest BCUT2D eigenvalue weighted by molar-refractivity contribution is -0.910. The molecule has 0 atom stereocenters. The highest BCUT2D eigenvalue weighted by molar-refractivity contribution is 6.60. The van der Waals surface area contributed by atoms with E-state index in [0.29, 0.717) is 0 Å². The zero-order chi connectivity index (χ0) is 24.0. The van der Waals surface area contributed by atoms with Gasteiger partial charge in [-0.15, -0.1) is 0 Å². The standard InChI is InChI=1S/C27H60NO3Si.FH/c1-7-9-11-13-15-17-19-21-24-28(3,25-22-20-18-16-14-12-10-8-2)26-23-27-32(29-4,30-5)31-6;/h7-27H2,1-6H3;1H/q+1;/p-1. The highest BCUT2D eigenvalue weighted by atomic mass is 28.4. The molecule has 202 valence electrons. The molecule has 0 amide bonds. The Labute approximate surface area is 208 Å². The van der Waals surface area contributed by atoms with E-state index >= 15 is 0 Å². The Morgan fingerprint density at radius 2 is 0.788 bits per heavy atom. The molecule has 0 bridgehead atoms. The molecule has 33 heavy (non-hydrogen) atoms. The van der Waals surface area contributed by atoms with Crippen molar-refractivity contribution in [2.24, 2.45) is 0 Å². The Kier molecular flexibility index (Phi) is 25.3. The van der Waals surface area contributed by atoms with E-state index in [1.807, 2.05) is 0 Å². The summed E-state index contributed by atoms with van der Waals surface area (Å²) in [4.78, 5) is 0. The Balaban J connectivity index is 0. The number of quaternary nitrogens is 1. The topological polar surface area (TPSA) is 27.7 Å². The van der Waals surface area contributed by atoms with Crippen molar-refractivity contribution in [3.05, 3.63) is 0 Å². The molecule has 0 aliphatic carbocycles. The van der Waals surface area contributed by atoms with E-state index in [-0.39, 0.29) is 4.70 Å². The molecule has 0 aliphatic rings. The Morgan fingerprint density at radius 1 is 0.485 bits per heavy atom. The molecule has 0 rings (SSSR count). The summed E-state index contributed by atoms with van der Waals surface area (Å²) in [5.74, 6) is 0. The molecule has 0 N–H and O–H groups in total.